The number of hydrogen-bond donors (Lipinski definition) is 0. The molecular formula is C34H26F4N2O4. The van der Waals surface area contributed by atoms with Gasteiger partial charge in [0.05, 0.1) is 38.6 Å². The minimum absolute atomic E-state index is 0.00458. The number of carbonyl (C=O) groups excluding carboxylic acids is 2. The summed E-state index contributed by atoms with van der Waals surface area (Å²) in [7, 11) is 2.61. The number of anilines is 2. The lowest BCUT2D eigenvalue weighted by Crippen LogP contribution is -2.51. The van der Waals surface area contributed by atoms with Gasteiger partial charge in [-0.2, -0.15) is 13.2 Å². The van der Waals surface area contributed by atoms with E-state index in [1.807, 2.05) is 0 Å². The fourth-order valence-electron chi connectivity index (χ4n) is 5.90. The van der Waals surface area contributed by atoms with Crippen LogP contribution in [0.1, 0.15) is 22.3 Å². The molecule has 1 unspecified atom stereocenters. The van der Waals surface area contributed by atoms with E-state index >= 15 is 17.6 Å². The van der Waals surface area contributed by atoms with E-state index < -0.39 is 40.4 Å². The number of nitrogens with zero attached hydrogens (tertiary/aromatic N) is 2. The van der Waals surface area contributed by atoms with Crippen molar-refractivity contribution in [2.24, 2.45) is 0 Å². The molecule has 4 aromatic carbocycles. The molecule has 2 heterocycles. The Kier molecular flexibility index (Phi) is 7.15. The number of methoxy groups -OCH3 is 2. The molecule has 0 aromatic heterocycles. The van der Waals surface area contributed by atoms with Crippen LogP contribution in [-0.4, -0.2) is 32.2 Å². The zero-order valence-electron chi connectivity index (χ0n) is 23.7. The molecule has 6 rings (SSSR count). The van der Waals surface area contributed by atoms with Crippen LogP contribution in [0.4, 0.5) is 28.9 Å². The maximum absolute atomic E-state index is 17.3. The second-order valence-corrected chi connectivity index (χ2v) is 10.5. The number of ether oxygens (including phenoxy) is 2. The molecule has 0 saturated carbocycles. The van der Waals surface area contributed by atoms with Crippen molar-refractivity contribution in [1.29, 1.82) is 0 Å². The summed E-state index contributed by atoms with van der Waals surface area (Å²) in [5, 5.41) is 0. The molecule has 0 radical (unpaired) electrons. The summed E-state index contributed by atoms with van der Waals surface area (Å²) in [4.78, 5) is 30.3. The molecule has 0 aliphatic carbocycles. The first-order valence-corrected chi connectivity index (χ1v) is 13.7. The van der Waals surface area contributed by atoms with Gasteiger partial charge in [-0.05, 0) is 47.5 Å². The number of alkyl halides is 3. The third-order valence-corrected chi connectivity index (χ3v) is 8.03. The number of amides is 2. The summed E-state index contributed by atoms with van der Waals surface area (Å²) in [6.07, 6.45) is -5.49. The second kappa shape index (κ2) is 10.9. The van der Waals surface area contributed by atoms with E-state index in [1.165, 1.54) is 49.5 Å². The first-order chi connectivity index (χ1) is 21.1. The van der Waals surface area contributed by atoms with Crippen molar-refractivity contribution < 1.29 is 36.6 Å². The average Bonchev–Trinajstić information content (AvgIpc) is 3.44. The minimum atomic E-state index is -5.49. The van der Waals surface area contributed by atoms with Gasteiger partial charge in [0.25, 0.3) is 11.8 Å². The third-order valence-electron chi connectivity index (χ3n) is 8.03. The van der Waals surface area contributed by atoms with Crippen LogP contribution in [0, 0.1) is 0 Å². The van der Waals surface area contributed by atoms with E-state index in [0.717, 1.165) is 11.0 Å². The molecule has 0 saturated heterocycles. The second-order valence-electron chi connectivity index (χ2n) is 10.5. The zero-order chi connectivity index (χ0) is 31.2. The van der Waals surface area contributed by atoms with E-state index in [4.69, 9.17) is 9.47 Å². The lowest BCUT2D eigenvalue weighted by molar-refractivity contribution is -0.186. The number of rotatable bonds is 7. The van der Waals surface area contributed by atoms with Crippen LogP contribution in [0.25, 0.3) is 5.57 Å². The van der Waals surface area contributed by atoms with Gasteiger partial charge in [-0.25, -0.2) is 4.39 Å². The highest BCUT2D eigenvalue weighted by Gasteiger charge is 2.71. The lowest BCUT2D eigenvalue weighted by Gasteiger charge is -2.30. The molecule has 1 atom stereocenters. The predicted molar refractivity (Wildman–Crippen MR) is 157 cm³/mol. The molecule has 0 bridgehead atoms. The molecule has 44 heavy (non-hydrogen) atoms. The van der Waals surface area contributed by atoms with Crippen LogP contribution in [0.5, 0.6) is 11.5 Å². The number of fused-ring (bicyclic) bond motifs is 2. The van der Waals surface area contributed by atoms with Crippen LogP contribution in [-0.2, 0) is 28.1 Å². The minimum Gasteiger partial charge on any atom is -0.497 e. The van der Waals surface area contributed by atoms with Gasteiger partial charge in [-0.3, -0.25) is 9.59 Å². The lowest BCUT2D eigenvalue weighted by atomic mass is 9.77. The van der Waals surface area contributed by atoms with Crippen molar-refractivity contribution >= 4 is 28.8 Å². The van der Waals surface area contributed by atoms with Crippen LogP contribution >= 0.6 is 0 Å². The van der Waals surface area contributed by atoms with Crippen LogP contribution in [0.2, 0.25) is 0 Å². The summed E-state index contributed by atoms with van der Waals surface area (Å²) in [6.45, 7) is -0.286. The molecule has 10 heteroatoms. The van der Waals surface area contributed by atoms with E-state index in [2.05, 4.69) is 0 Å². The standard InChI is InChI=1S/C34H26F4N2O4/c1-43-23-13-15-27-25(17-23)29(31(41)39(27)19-21-9-5-3-6-10-21)30(35)33(34(36,37)38)26-18-24(44-2)14-16-28(26)40(32(33)42)20-22-11-7-4-8-12-22/h3-18H,19-20H2,1-2H3/b30-29-. The van der Waals surface area contributed by atoms with Crippen LogP contribution in [0.15, 0.2) is 103 Å². The fourth-order valence-corrected chi connectivity index (χ4v) is 5.90. The van der Waals surface area contributed by atoms with Crippen molar-refractivity contribution in [3.8, 4) is 11.5 Å². The van der Waals surface area contributed by atoms with Gasteiger partial charge >= 0.3 is 6.18 Å². The molecule has 2 aliphatic heterocycles. The van der Waals surface area contributed by atoms with Gasteiger partial charge in [0.1, 0.15) is 17.3 Å². The predicted octanol–water partition coefficient (Wildman–Crippen LogP) is 6.98. The van der Waals surface area contributed by atoms with Crippen molar-refractivity contribution in [2.45, 2.75) is 24.7 Å². The van der Waals surface area contributed by atoms with Gasteiger partial charge in [-0.15, -0.1) is 0 Å². The first kappa shape index (κ1) is 29.0. The van der Waals surface area contributed by atoms with Crippen molar-refractivity contribution in [1.82, 2.24) is 0 Å². The smallest absolute Gasteiger partial charge is 0.413 e. The molecule has 4 aromatic rings. The van der Waals surface area contributed by atoms with Crippen molar-refractivity contribution in [2.75, 3.05) is 24.0 Å². The van der Waals surface area contributed by atoms with E-state index in [9.17, 15) is 9.59 Å². The van der Waals surface area contributed by atoms with Crippen molar-refractivity contribution in [3.63, 3.8) is 0 Å². The number of benzene rings is 4. The van der Waals surface area contributed by atoms with E-state index in [1.54, 1.807) is 60.7 Å². The normalized spacial score (nSPS) is 18.8. The highest BCUT2D eigenvalue weighted by Crippen LogP contribution is 2.59. The molecule has 6 nitrogen and oxygen atoms in total. The Morgan fingerprint density at radius 3 is 1.80 bits per heavy atom. The molecule has 2 aliphatic rings. The topological polar surface area (TPSA) is 59.1 Å². The highest BCUT2D eigenvalue weighted by molar-refractivity contribution is 6.34. The molecule has 0 N–H and O–H groups in total. The van der Waals surface area contributed by atoms with E-state index in [-0.39, 0.29) is 41.5 Å². The summed E-state index contributed by atoms with van der Waals surface area (Å²) in [6, 6.07) is 25.3. The molecular weight excluding hydrogens is 576 g/mol. The third kappa shape index (κ3) is 4.40. The van der Waals surface area contributed by atoms with Crippen molar-refractivity contribution in [3.05, 3.63) is 125 Å². The number of carbonyl (C=O) groups is 2. The summed E-state index contributed by atoms with van der Waals surface area (Å²) >= 11 is 0. The average molecular weight is 603 g/mol. The monoisotopic (exact) mass is 602 g/mol. The van der Waals surface area contributed by atoms with Gasteiger partial charge in [0.15, 0.2) is 0 Å². The molecule has 224 valence electrons. The van der Waals surface area contributed by atoms with Gasteiger partial charge in [0, 0.05) is 16.8 Å². The Morgan fingerprint density at radius 2 is 1.25 bits per heavy atom. The van der Waals surface area contributed by atoms with Crippen LogP contribution < -0.4 is 19.3 Å². The van der Waals surface area contributed by atoms with Gasteiger partial charge in [-0.1, -0.05) is 60.7 Å². The maximum atomic E-state index is 17.3. The Labute approximate surface area is 250 Å². The van der Waals surface area contributed by atoms with Gasteiger partial charge < -0.3 is 19.3 Å². The highest BCUT2D eigenvalue weighted by atomic mass is 19.4. The first-order valence-electron chi connectivity index (χ1n) is 13.7. The van der Waals surface area contributed by atoms with Gasteiger partial charge in [0.2, 0.25) is 5.41 Å². The SMILES string of the molecule is COc1ccc2c(c1)/C(=C(/F)C1(C(F)(F)F)C(=O)N(Cc3ccccc3)c3ccc(OC)cc31)C(=O)N2Cc1ccccc1. The Hall–Kier alpha value is -5.12. The summed E-state index contributed by atoms with van der Waals surface area (Å²) in [5.74, 6) is -4.27. The molecule has 0 fully saturated rings. The fraction of sp³-hybridized carbons (Fsp3) is 0.176. The number of hydrogen-bond acceptors (Lipinski definition) is 4. The quantitative estimate of drug-likeness (QED) is 0.169. The Bertz CT molecular complexity index is 1790. The maximum Gasteiger partial charge on any atom is 0.413 e. The Balaban J connectivity index is 1.61. The Morgan fingerprint density at radius 1 is 0.727 bits per heavy atom. The number of halogens is 4. The molecule has 0 spiro atoms. The largest absolute Gasteiger partial charge is 0.497 e. The van der Waals surface area contributed by atoms with E-state index in [0.29, 0.717) is 11.1 Å². The summed E-state index contributed by atoms with van der Waals surface area (Å²) in [5.41, 5.74) is -4.16. The van der Waals surface area contributed by atoms with Crippen LogP contribution in [0.3, 0.4) is 0 Å². The molecule has 2 amide bonds. The summed E-state index contributed by atoms with van der Waals surface area (Å²) < 4.78 is 74.5. The zero-order valence-corrected chi connectivity index (χ0v) is 23.7.